The van der Waals surface area contributed by atoms with Crippen LogP contribution in [0.15, 0.2) is 0 Å². The first-order valence-corrected chi connectivity index (χ1v) is 9.23. The minimum absolute atomic E-state index is 0.584. The van der Waals surface area contributed by atoms with Crippen LogP contribution in [0.25, 0.3) is 0 Å². The largest absolute Gasteiger partial charge is 0.379 e. The molecule has 0 bridgehead atoms. The summed E-state index contributed by atoms with van der Waals surface area (Å²) in [6, 6.07) is 1.30. The number of ether oxygens (including phenoxy) is 1. The summed E-state index contributed by atoms with van der Waals surface area (Å²) >= 11 is 0. The van der Waals surface area contributed by atoms with Crippen LogP contribution < -0.4 is 10.6 Å². The standard InChI is InChI=1S/C18H34N2O/c1-14(2)11-18(7-4-8-18)13-20-16-6-3-5-15(16)17-12-21-10-9-19-17/h14-17,19-20H,3-13H2,1-2H3. The molecule has 2 aliphatic carbocycles. The second kappa shape index (κ2) is 6.97. The van der Waals surface area contributed by atoms with E-state index in [1.54, 1.807) is 0 Å². The van der Waals surface area contributed by atoms with Gasteiger partial charge in [-0.15, -0.1) is 0 Å². The third-order valence-electron chi connectivity index (χ3n) is 6.03. The highest BCUT2D eigenvalue weighted by Crippen LogP contribution is 2.45. The Kier molecular flexibility index (Phi) is 5.23. The van der Waals surface area contributed by atoms with Gasteiger partial charge < -0.3 is 15.4 Å². The van der Waals surface area contributed by atoms with Gasteiger partial charge in [-0.05, 0) is 49.4 Å². The Hall–Kier alpha value is -0.120. The van der Waals surface area contributed by atoms with Crippen molar-refractivity contribution in [2.45, 2.75) is 70.9 Å². The molecule has 0 aromatic carbocycles. The summed E-state index contributed by atoms with van der Waals surface area (Å²) in [6.45, 7) is 8.84. The molecular weight excluding hydrogens is 260 g/mol. The first kappa shape index (κ1) is 15.8. The zero-order chi connectivity index (χ0) is 14.7. The quantitative estimate of drug-likeness (QED) is 0.790. The Bertz CT molecular complexity index is 321. The van der Waals surface area contributed by atoms with Crippen molar-refractivity contribution in [1.29, 1.82) is 0 Å². The minimum Gasteiger partial charge on any atom is -0.379 e. The molecule has 3 fully saturated rings. The van der Waals surface area contributed by atoms with Crippen molar-refractivity contribution in [3.63, 3.8) is 0 Å². The van der Waals surface area contributed by atoms with Gasteiger partial charge >= 0.3 is 0 Å². The van der Waals surface area contributed by atoms with Crippen molar-refractivity contribution in [2.24, 2.45) is 17.3 Å². The van der Waals surface area contributed by atoms with Crippen LogP contribution in [0.5, 0.6) is 0 Å². The van der Waals surface area contributed by atoms with Crippen molar-refractivity contribution >= 4 is 0 Å². The molecule has 0 aromatic heterocycles. The van der Waals surface area contributed by atoms with Gasteiger partial charge in [-0.3, -0.25) is 0 Å². The molecule has 3 heteroatoms. The Morgan fingerprint density at radius 1 is 1.24 bits per heavy atom. The van der Waals surface area contributed by atoms with Crippen LogP contribution >= 0.6 is 0 Å². The van der Waals surface area contributed by atoms with Gasteiger partial charge in [0.25, 0.3) is 0 Å². The normalized spacial score (nSPS) is 35.9. The molecule has 3 rings (SSSR count). The average molecular weight is 294 g/mol. The molecule has 1 saturated heterocycles. The van der Waals surface area contributed by atoms with Crippen molar-refractivity contribution in [1.82, 2.24) is 10.6 Å². The Labute approximate surface area is 130 Å². The lowest BCUT2D eigenvalue weighted by molar-refractivity contribution is 0.0475. The van der Waals surface area contributed by atoms with E-state index in [9.17, 15) is 0 Å². The topological polar surface area (TPSA) is 33.3 Å². The minimum atomic E-state index is 0.584. The molecule has 3 unspecified atom stereocenters. The summed E-state index contributed by atoms with van der Waals surface area (Å²) in [5.74, 6) is 1.61. The van der Waals surface area contributed by atoms with Crippen LogP contribution in [-0.4, -0.2) is 38.4 Å². The first-order chi connectivity index (χ1) is 10.2. The summed E-state index contributed by atoms with van der Waals surface area (Å²) in [7, 11) is 0. The van der Waals surface area contributed by atoms with E-state index in [4.69, 9.17) is 4.74 Å². The van der Waals surface area contributed by atoms with Crippen LogP contribution in [0.4, 0.5) is 0 Å². The van der Waals surface area contributed by atoms with Crippen molar-refractivity contribution in [3.05, 3.63) is 0 Å². The monoisotopic (exact) mass is 294 g/mol. The molecule has 3 nitrogen and oxygen atoms in total. The zero-order valence-corrected chi connectivity index (χ0v) is 14.0. The highest BCUT2D eigenvalue weighted by molar-refractivity contribution is 4.96. The highest BCUT2D eigenvalue weighted by Gasteiger charge is 2.40. The van der Waals surface area contributed by atoms with Crippen LogP contribution in [0, 0.1) is 17.3 Å². The fourth-order valence-corrected chi connectivity index (χ4v) is 4.93. The van der Waals surface area contributed by atoms with E-state index in [2.05, 4.69) is 24.5 Å². The molecule has 21 heavy (non-hydrogen) atoms. The van der Waals surface area contributed by atoms with Gasteiger partial charge in [-0.25, -0.2) is 0 Å². The highest BCUT2D eigenvalue weighted by atomic mass is 16.5. The second-order valence-corrected chi connectivity index (χ2v) is 8.17. The van der Waals surface area contributed by atoms with Crippen molar-refractivity contribution in [3.8, 4) is 0 Å². The number of morpholine rings is 1. The van der Waals surface area contributed by atoms with Crippen LogP contribution in [0.1, 0.15) is 58.8 Å². The predicted molar refractivity (Wildman–Crippen MR) is 87.5 cm³/mol. The molecule has 3 aliphatic rings. The maximum absolute atomic E-state index is 5.68. The summed E-state index contributed by atoms with van der Waals surface area (Å²) in [5.41, 5.74) is 0.623. The van der Waals surface area contributed by atoms with Crippen LogP contribution in [0.3, 0.4) is 0 Å². The number of hydrogen-bond acceptors (Lipinski definition) is 3. The van der Waals surface area contributed by atoms with E-state index in [0.29, 0.717) is 17.5 Å². The molecule has 2 N–H and O–H groups in total. The van der Waals surface area contributed by atoms with E-state index in [0.717, 1.165) is 31.6 Å². The summed E-state index contributed by atoms with van der Waals surface area (Å²) in [5, 5.41) is 7.66. The van der Waals surface area contributed by atoms with Gasteiger partial charge in [0.2, 0.25) is 0 Å². The molecule has 2 saturated carbocycles. The van der Waals surface area contributed by atoms with Crippen LogP contribution in [0.2, 0.25) is 0 Å². The lowest BCUT2D eigenvalue weighted by Crippen LogP contribution is -2.52. The van der Waals surface area contributed by atoms with Gasteiger partial charge in [-0.1, -0.05) is 26.7 Å². The van der Waals surface area contributed by atoms with E-state index in [1.165, 1.54) is 51.5 Å². The van der Waals surface area contributed by atoms with Gasteiger partial charge in [0.05, 0.1) is 13.2 Å². The van der Waals surface area contributed by atoms with Gasteiger partial charge in [-0.2, -0.15) is 0 Å². The molecule has 1 heterocycles. The summed E-state index contributed by atoms with van der Waals surface area (Å²) in [6.07, 6.45) is 9.86. The SMILES string of the molecule is CC(C)CC1(CNC2CCCC2C2COCCN2)CCC1. The molecular formula is C18H34N2O. The molecule has 0 aromatic rings. The van der Waals surface area contributed by atoms with Crippen molar-refractivity contribution < 1.29 is 4.74 Å². The van der Waals surface area contributed by atoms with Gasteiger partial charge in [0, 0.05) is 25.2 Å². The summed E-state index contributed by atoms with van der Waals surface area (Å²) < 4.78 is 5.68. The maximum Gasteiger partial charge on any atom is 0.0623 e. The molecule has 1 aliphatic heterocycles. The summed E-state index contributed by atoms with van der Waals surface area (Å²) in [4.78, 5) is 0. The van der Waals surface area contributed by atoms with E-state index in [1.807, 2.05) is 0 Å². The number of nitrogens with one attached hydrogen (secondary N) is 2. The predicted octanol–water partition coefficient (Wildman–Crippen LogP) is 2.95. The average Bonchev–Trinajstić information content (AvgIpc) is 2.90. The second-order valence-electron chi connectivity index (χ2n) is 8.17. The molecule has 0 spiro atoms. The van der Waals surface area contributed by atoms with Gasteiger partial charge in [0.1, 0.15) is 0 Å². The molecule has 0 radical (unpaired) electrons. The fraction of sp³-hybridized carbons (Fsp3) is 1.00. The zero-order valence-electron chi connectivity index (χ0n) is 14.0. The molecule has 0 amide bonds. The number of hydrogen-bond donors (Lipinski definition) is 2. The fourth-order valence-electron chi connectivity index (χ4n) is 4.93. The van der Waals surface area contributed by atoms with E-state index >= 15 is 0 Å². The first-order valence-electron chi connectivity index (χ1n) is 9.23. The molecule has 122 valence electrons. The third kappa shape index (κ3) is 3.80. The van der Waals surface area contributed by atoms with Gasteiger partial charge in [0.15, 0.2) is 0 Å². The Morgan fingerprint density at radius 2 is 2.10 bits per heavy atom. The van der Waals surface area contributed by atoms with E-state index in [-0.39, 0.29) is 0 Å². The Morgan fingerprint density at radius 3 is 2.71 bits per heavy atom. The van der Waals surface area contributed by atoms with Crippen molar-refractivity contribution in [2.75, 3.05) is 26.3 Å². The third-order valence-corrected chi connectivity index (χ3v) is 6.03. The molecule has 3 atom stereocenters. The smallest absolute Gasteiger partial charge is 0.0623 e. The Balaban J connectivity index is 1.51. The van der Waals surface area contributed by atoms with E-state index < -0.39 is 0 Å². The van der Waals surface area contributed by atoms with Crippen LogP contribution in [-0.2, 0) is 4.74 Å². The lowest BCUT2D eigenvalue weighted by atomic mass is 9.64. The lowest BCUT2D eigenvalue weighted by Gasteiger charge is -2.45. The maximum atomic E-state index is 5.68. The number of rotatable bonds is 6.